The van der Waals surface area contributed by atoms with Crippen LogP contribution in [0.5, 0.6) is 0 Å². The predicted octanol–water partition coefficient (Wildman–Crippen LogP) is 4.22. The number of rotatable bonds is 4. The molecule has 210 valence electrons. The van der Waals surface area contributed by atoms with E-state index in [9.17, 15) is 26.3 Å². The summed E-state index contributed by atoms with van der Waals surface area (Å²) in [6, 6.07) is 11.6. The molecule has 0 saturated carbocycles. The second kappa shape index (κ2) is 13.4. The number of hydrogen-bond donors (Lipinski definition) is 2. The van der Waals surface area contributed by atoms with Crippen molar-refractivity contribution in [3.63, 3.8) is 0 Å². The highest BCUT2D eigenvalue weighted by molar-refractivity contribution is 5.73. The minimum atomic E-state index is -5.08. The van der Waals surface area contributed by atoms with E-state index in [0.717, 1.165) is 6.61 Å². The van der Waals surface area contributed by atoms with Crippen LogP contribution in [0.1, 0.15) is 37.7 Å². The maximum atomic E-state index is 10.6. The fraction of sp³-hybridized carbons (Fsp3) is 0.667. The van der Waals surface area contributed by atoms with Gasteiger partial charge in [0, 0.05) is 25.7 Å². The highest BCUT2D eigenvalue weighted by Crippen LogP contribution is 2.38. The van der Waals surface area contributed by atoms with Gasteiger partial charge >= 0.3 is 24.3 Å². The van der Waals surface area contributed by atoms with Gasteiger partial charge in [-0.3, -0.25) is 4.90 Å². The first-order valence-corrected chi connectivity index (χ1v) is 12.0. The van der Waals surface area contributed by atoms with Crippen LogP contribution in [0.2, 0.25) is 0 Å². The number of hydrogen-bond acceptors (Lipinski definition) is 5. The smallest absolute Gasteiger partial charge is 0.475 e. The number of carbonyl (C=O) groups is 2. The molecule has 1 unspecified atom stereocenters. The van der Waals surface area contributed by atoms with Crippen molar-refractivity contribution in [3.05, 3.63) is 35.9 Å². The first kappa shape index (κ1) is 30.8. The number of benzene rings is 1. The molecule has 4 rings (SSSR count). The van der Waals surface area contributed by atoms with Gasteiger partial charge in [-0.1, -0.05) is 30.3 Å². The van der Waals surface area contributed by atoms with E-state index in [4.69, 9.17) is 24.5 Å². The average Bonchev–Trinajstić information content (AvgIpc) is 3.50. The van der Waals surface area contributed by atoms with Crippen LogP contribution in [-0.2, 0) is 20.7 Å². The Morgan fingerprint density at radius 1 is 0.892 bits per heavy atom. The lowest BCUT2D eigenvalue weighted by molar-refractivity contribution is -0.193. The Kier molecular flexibility index (Phi) is 11.2. The summed E-state index contributed by atoms with van der Waals surface area (Å²) in [7, 11) is 0. The van der Waals surface area contributed by atoms with E-state index in [-0.39, 0.29) is 5.60 Å². The lowest BCUT2D eigenvalue weighted by Gasteiger charge is -2.39. The largest absolute Gasteiger partial charge is 0.490 e. The third-order valence-electron chi connectivity index (χ3n) is 6.66. The average molecular weight is 543 g/mol. The summed E-state index contributed by atoms with van der Waals surface area (Å²) in [6.07, 6.45) is -2.49. The molecule has 1 aromatic rings. The molecule has 3 heterocycles. The second-order valence-corrected chi connectivity index (χ2v) is 9.28. The Labute approximate surface area is 211 Å². The van der Waals surface area contributed by atoms with Crippen LogP contribution in [0.15, 0.2) is 30.3 Å². The number of likely N-dealkylation sites (tertiary alicyclic amines) is 2. The zero-order valence-electron chi connectivity index (χ0n) is 20.2. The van der Waals surface area contributed by atoms with E-state index in [0.29, 0.717) is 6.04 Å². The van der Waals surface area contributed by atoms with E-state index in [2.05, 4.69) is 40.1 Å². The summed E-state index contributed by atoms with van der Waals surface area (Å²) in [5.41, 5.74) is 1.66. The van der Waals surface area contributed by atoms with Crippen molar-refractivity contribution in [2.24, 2.45) is 0 Å². The molecular weight excluding hydrogens is 510 g/mol. The number of ether oxygens (including phenoxy) is 1. The Balaban J connectivity index is 0.000000286. The quantitative estimate of drug-likeness (QED) is 0.551. The van der Waals surface area contributed by atoms with Gasteiger partial charge in [-0.25, -0.2) is 9.59 Å². The highest BCUT2D eigenvalue weighted by Gasteiger charge is 2.44. The third-order valence-corrected chi connectivity index (χ3v) is 6.66. The molecule has 3 aliphatic heterocycles. The Morgan fingerprint density at radius 2 is 1.38 bits per heavy atom. The molecule has 2 N–H and O–H groups in total. The molecule has 3 aliphatic rings. The van der Waals surface area contributed by atoms with Crippen LogP contribution in [0.4, 0.5) is 26.3 Å². The highest BCUT2D eigenvalue weighted by atomic mass is 19.4. The number of alkyl halides is 6. The monoisotopic (exact) mass is 542 g/mol. The fourth-order valence-electron chi connectivity index (χ4n) is 4.63. The summed E-state index contributed by atoms with van der Waals surface area (Å²) in [6.45, 7) is 7.18. The van der Waals surface area contributed by atoms with Crippen LogP contribution < -0.4 is 0 Å². The molecule has 0 amide bonds. The van der Waals surface area contributed by atoms with E-state index < -0.39 is 24.3 Å². The van der Waals surface area contributed by atoms with Crippen LogP contribution in [0, 0.1) is 0 Å². The summed E-state index contributed by atoms with van der Waals surface area (Å²) >= 11 is 0. The number of carboxylic acid groups (broad SMARTS) is 2. The molecule has 3 saturated heterocycles. The SMILES string of the molecule is O=C(O)C(F)(F)F.O=C(O)C(F)(F)F.c1ccc(CCN2CCC3(CC2)CC(N2CCCC2)CO3)cc1. The van der Waals surface area contributed by atoms with Gasteiger partial charge < -0.3 is 19.8 Å². The Hall–Kier alpha value is -2.38. The van der Waals surface area contributed by atoms with Gasteiger partial charge in [0.05, 0.1) is 12.2 Å². The topological polar surface area (TPSA) is 90.3 Å². The lowest BCUT2D eigenvalue weighted by atomic mass is 9.87. The molecule has 13 heteroatoms. The van der Waals surface area contributed by atoms with Crippen molar-refractivity contribution < 1.29 is 50.9 Å². The summed E-state index contributed by atoms with van der Waals surface area (Å²) in [4.78, 5) is 23.1. The van der Waals surface area contributed by atoms with Crippen LogP contribution in [-0.4, -0.2) is 95.3 Å². The lowest BCUT2D eigenvalue weighted by Crippen LogP contribution is -2.45. The fourth-order valence-corrected chi connectivity index (χ4v) is 4.63. The Bertz CT molecular complexity index is 827. The molecule has 7 nitrogen and oxygen atoms in total. The third kappa shape index (κ3) is 10.5. The van der Waals surface area contributed by atoms with Crippen molar-refractivity contribution in [2.75, 3.05) is 39.3 Å². The molecule has 1 spiro atoms. The molecule has 3 fully saturated rings. The summed E-state index contributed by atoms with van der Waals surface area (Å²) in [5, 5.41) is 14.2. The van der Waals surface area contributed by atoms with Crippen molar-refractivity contribution >= 4 is 11.9 Å². The van der Waals surface area contributed by atoms with Gasteiger partial charge in [-0.2, -0.15) is 26.3 Å². The molecular formula is C24H32F6N2O5. The Morgan fingerprint density at radius 3 is 1.84 bits per heavy atom. The minimum absolute atomic E-state index is 0.205. The molecule has 1 atom stereocenters. The van der Waals surface area contributed by atoms with Crippen LogP contribution >= 0.6 is 0 Å². The maximum Gasteiger partial charge on any atom is 0.490 e. The van der Waals surface area contributed by atoms with E-state index in [1.54, 1.807) is 0 Å². The summed E-state index contributed by atoms with van der Waals surface area (Å²) in [5.74, 6) is -5.51. The van der Waals surface area contributed by atoms with Crippen molar-refractivity contribution in [1.29, 1.82) is 0 Å². The number of halogens is 6. The van der Waals surface area contributed by atoms with E-state index >= 15 is 0 Å². The normalized spacial score (nSPS) is 22.1. The molecule has 0 aliphatic carbocycles. The number of aliphatic carboxylic acids is 2. The first-order valence-electron chi connectivity index (χ1n) is 12.0. The molecule has 0 bridgehead atoms. The second-order valence-electron chi connectivity index (χ2n) is 9.28. The van der Waals surface area contributed by atoms with Gasteiger partial charge in [-0.05, 0) is 57.2 Å². The van der Waals surface area contributed by atoms with Crippen molar-refractivity contribution in [1.82, 2.24) is 9.80 Å². The molecule has 0 aromatic heterocycles. The van der Waals surface area contributed by atoms with Gasteiger partial charge in [0.15, 0.2) is 0 Å². The van der Waals surface area contributed by atoms with Gasteiger partial charge in [0.25, 0.3) is 0 Å². The number of nitrogens with zero attached hydrogens (tertiary/aromatic N) is 2. The van der Waals surface area contributed by atoms with Gasteiger partial charge in [0.2, 0.25) is 0 Å². The summed E-state index contributed by atoms with van der Waals surface area (Å²) < 4.78 is 69.8. The predicted molar refractivity (Wildman–Crippen MR) is 121 cm³/mol. The molecule has 0 radical (unpaired) electrons. The van der Waals surface area contributed by atoms with Gasteiger partial charge in [-0.15, -0.1) is 0 Å². The zero-order chi connectivity index (χ0) is 27.7. The van der Waals surface area contributed by atoms with Crippen molar-refractivity contribution in [3.8, 4) is 0 Å². The minimum Gasteiger partial charge on any atom is -0.475 e. The van der Waals surface area contributed by atoms with Crippen molar-refractivity contribution in [2.45, 2.75) is 62.5 Å². The van der Waals surface area contributed by atoms with Crippen LogP contribution in [0.3, 0.4) is 0 Å². The number of carboxylic acids is 2. The van der Waals surface area contributed by atoms with E-state index in [1.165, 1.54) is 76.8 Å². The van der Waals surface area contributed by atoms with Gasteiger partial charge in [0.1, 0.15) is 0 Å². The first-order chi connectivity index (χ1) is 17.2. The zero-order valence-corrected chi connectivity index (χ0v) is 20.2. The molecule has 37 heavy (non-hydrogen) atoms. The number of piperidine rings is 1. The van der Waals surface area contributed by atoms with Crippen LogP contribution in [0.25, 0.3) is 0 Å². The van der Waals surface area contributed by atoms with E-state index in [1.807, 2.05) is 0 Å². The molecule has 1 aromatic carbocycles. The maximum absolute atomic E-state index is 10.6. The standard InChI is InChI=1S/C20H30N2O.2C2HF3O2/c1-2-6-18(7-3-1)8-13-21-14-9-20(10-15-21)16-19(17-23-20)22-11-4-5-12-22;2*3-2(4,5)1(6)7/h1-3,6-7,19H,4-5,8-17H2;2*(H,6,7).